The van der Waals surface area contributed by atoms with Crippen LogP contribution in [0.25, 0.3) is 0 Å². The lowest BCUT2D eigenvalue weighted by Crippen LogP contribution is -2.11. The zero-order valence-corrected chi connectivity index (χ0v) is 10.1. The van der Waals surface area contributed by atoms with Crippen molar-refractivity contribution in [1.82, 2.24) is 14.3 Å². The van der Waals surface area contributed by atoms with Crippen molar-refractivity contribution in [1.29, 1.82) is 0 Å². The molecule has 78 valence electrons. The number of halogens is 1. The summed E-state index contributed by atoms with van der Waals surface area (Å²) in [7, 11) is 0. The monoisotopic (exact) mass is 286 g/mol. The van der Waals surface area contributed by atoms with Crippen LogP contribution in [0, 0.1) is 6.92 Å². The van der Waals surface area contributed by atoms with Crippen molar-refractivity contribution in [2.24, 2.45) is 0 Å². The van der Waals surface area contributed by atoms with Crippen LogP contribution in [0.5, 0.6) is 0 Å². The highest BCUT2D eigenvalue weighted by Gasteiger charge is 2.10. The van der Waals surface area contributed by atoms with Gasteiger partial charge in [-0.05, 0) is 28.9 Å². The number of hydrogen-bond acceptors (Lipinski definition) is 4. The van der Waals surface area contributed by atoms with Gasteiger partial charge in [0.15, 0.2) is 0 Å². The van der Waals surface area contributed by atoms with E-state index < -0.39 is 0 Å². The summed E-state index contributed by atoms with van der Waals surface area (Å²) < 4.78 is 4.80. The van der Waals surface area contributed by atoms with E-state index in [1.165, 1.54) is 0 Å². The van der Waals surface area contributed by atoms with Crippen molar-refractivity contribution in [2.45, 2.75) is 6.92 Å². The van der Waals surface area contributed by atoms with E-state index in [9.17, 15) is 4.79 Å². The van der Waals surface area contributed by atoms with E-state index in [1.54, 1.807) is 19.2 Å². The van der Waals surface area contributed by atoms with Gasteiger partial charge in [-0.3, -0.25) is 10.1 Å². The van der Waals surface area contributed by atoms with E-state index >= 15 is 0 Å². The normalized spacial score (nSPS) is 10.3. The topological polar surface area (TPSA) is 70.7 Å². The fraction of sp³-hybridized carbons (Fsp3) is 0.125. The van der Waals surface area contributed by atoms with E-state index in [-0.39, 0.29) is 5.91 Å². The van der Waals surface area contributed by atoms with Crippen molar-refractivity contribution in [3.8, 4) is 0 Å². The summed E-state index contributed by atoms with van der Waals surface area (Å²) >= 11 is 4.41. The lowest BCUT2D eigenvalue weighted by atomic mass is 10.4. The third-order valence-corrected chi connectivity index (χ3v) is 2.82. The molecule has 2 N–H and O–H groups in total. The molecule has 15 heavy (non-hydrogen) atoms. The summed E-state index contributed by atoms with van der Waals surface area (Å²) in [5.41, 5.74) is 0.481. The van der Waals surface area contributed by atoms with Crippen LogP contribution in [-0.2, 0) is 0 Å². The number of anilines is 1. The Morgan fingerprint density at radius 3 is 3.00 bits per heavy atom. The maximum Gasteiger partial charge on any atom is 0.273 e. The molecule has 0 aromatic carbocycles. The fourth-order valence-electron chi connectivity index (χ4n) is 1.01. The van der Waals surface area contributed by atoms with Crippen LogP contribution in [-0.4, -0.2) is 20.2 Å². The standard InChI is InChI=1S/C8H7BrN4OS/c1-4-11-8(15-13-4)12-7(14)6-2-5(9)3-10-6/h2-3,10H,1H3,(H,11,12,13,14). The second-order valence-electron chi connectivity index (χ2n) is 2.83. The minimum Gasteiger partial charge on any atom is -0.356 e. The summed E-state index contributed by atoms with van der Waals surface area (Å²) in [6.45, 7) is 1.78. The van der Waals surface area contributed by atoms with Gasteiger partial charge in [-0.1, -0.05) is 0 Å². The van der Waals surface area contributed by atoms with Gasteiger partial charge in [0.25, 0.3) is 5.91 Å². The first-order chi connectivity index (χ1) is 7.15. The van der Waals surface area contributed by atoms with Gasteiger partial charge in [-0.2, -0.15) is 4.37 Å². The Kier molecular flexibility index (Phi) is 2.83. The number of carbonyl (C=O) groups is 1. The molecule has 2 aromatic heterocycles. The van der Waals surface area contributed by atoms with Crippen molar-refractivity contribution < 1.29 is 4.79 Å². The Hall–Kier alpha value is -1.21. The molecule has 0 aliphatic rings. The first-order valence-corrected chi connectivity index (χ1v) is 5.67. The number of H-pyrrole nitrogens is 1. The number of aryl methyl sites for hydroxylation is 1. The number of amides is 1. The molecule has 0 unspecified atom stereocenters. The zero-order chi connectivity index (χ0) is 10.8. The van der Waals surface area contributed by atoms with E-state index in [4.69, 9.17) is 0 Å². The lowest BCUT2D eigenvalue weighted by molar-refractivity contribution is 0.102. The summed E-state index contributed by atoms with van der Waals surface area (Å²) in [4.78, 5) is 18.5. The number of hydrogen-bond donors (Lipinski definition) is 2. The van der Waals surface area contributed by atoms with Crippen molar-refractivity contribution in [3.05, 3.63) is 28.3 Å². The number of rotatable bonds is 2. The maximum atomic E-state index is 11.6. The van der Waals surface area contributed by atoms with Crippen LogP contribution in [0.2, 0.25) is 0 Å². The molecule has 7 heteroatoms. The summed E-state index contributed by atoms with van der Waals surface area (Å²) in [6.07, 6.45) is 1.69. The minimum absolute atomic E-state index is 0.225. The van der Waals surface area contributed by atoms with Gasteiger partial charge < -0.3 is 4.98 Å². The van der Waals surface area contributed by atoms with Crippen LogP contribution in [0.3, 0.4) is 0 Å². The van der Waals surface area contributed by atoms with Gasteiger partial charge in [0, 0.05) is 22.2 Å². The third kappa shape index (κ3) is 2.42. The Balaban J connectivity index is 2.10. The predicted octanol–water partition coefficient (Wildman–Crippen LogP) is 2.19. The van der Waals surface area contributed by atoms with E-state index in [0.29, 0.717) is 16.6 Å². The molecule has 1 amide bonds. The highest BCUT2D eigenvalue weighted by atomic mass is 79.9. The average molecular weight is 287 g/mol. The zero-order valence-electron chi connectivity index (χ0n) is 7.74. The van der Waals surface area contributed by atoms with Gasteiger partial charge in [-0.15, -0.1) is 0 Å². The van der Waals surface area contributed by atoms with Crippen LogP contribution >= 0.6 is 27.5 Å². The first-order valence-electron chi connectivity index (χ1n) is 4.11. The molecule has 5 nitrogen and oxygen atoms in total. The SMILES string of the molecule is Cc1nsc(NC(=O)c2cc(Br)c[nH]2)n1. The Bertz CT molecular complexity index is 492. The second kappa shape index (κ2) is 4.11. The predicted molar refractivity (Wildman–Crippen MR) is 61.1 cm³/mol. The van der Waals surface area contributed by atoms with Crippen LogP contribution in [0.1, 0.15) is 16.3 Å². The molecule has 0 atom stereocenters. The average Bonchev–Trinajstić information content (AvgIpc) is 2.75. The molecule has 0 saturated carbocycles. The van der Waals surface area contributed by atoms with E-state index in [2.05, 4.69) is 35.6 Å². The van der Waals surface area contributed by atoms with Gasteiger partial charge in [0.05, 0.1) is 0 Å². The summed E-state index contributed by atoms with van der Waals surface area (Å²) in [5, 5.41) is 3.15. The molecular formula is C8H7BrN4OS. The quantitative estimate of drug-likeness (QED) is 0.889. The second-order valence-corrected chi connectivity index (χ2v) is 4.50. The smallest absolute Gasteiger partial charge is 0.273 e. The Morgan fingerprint density at radius 2 is 2.47 bits per heavy atom. The van der Waals surface area contributed by atoms with E-state index in [1.807, 2.05) is 0 Å². The largest absolute Gasteiger partial charge is 0.356 e. The summed E-state index contributed by atoms with van der Waals surface area (Å²) in [6, 6.07) is 1.70. The molecular weight excluding hydrogens is 280 g/mol. The van der Waals surface area contributed by atoms with E-state index in [0.717, 1.165) is 16.0 Å². The molecule has 0 bridgehead atoms. The minimum atomic E-state index is -0.225. The number of carbonyl (C=O) groups excluding carboxylic acids is 1. The molecule has 0 spiro atoms. The molecule has 2 rings (SSSR count). The molecule has 2 heterocycles. The Morgan fingerprint density at radius 1 is 1.67 bits per heavy atom. The summed E-state index contributed by atoms with van der Waals surface area (Å²) in [5.74, 6) is 0.430. The molecule has 0 aliphatic heterocycles. The van der Waals surface area contributed by atoms with Crippen LogP contribution in [0.4, 0.5) is 5.13 Å². The Labute approximate surface area is 98.2 Å². The third-order valence-electron chi connectivity index (χ3n) is 1.64. The maximum absolute atomic E-state index is 11.6. The fourth-order valence-corrected chi connectivity index (χ4v) is 1.93. The van der Waals surface area contributed by atoms with Crippen molar-refractivity contribution in [2.75, 3.05) is 5.32 Å². The van der Waals surface area contributed by atoms with Gasteiger partial charge in [0.2, 0.25) is 5.13 Å². The number of aromatic nitrogens is 3. The van der Waals surface area contributed by atoms with Crippen LogP contribution in [0.15, 0.2) is 16.7 Å². The first kappa shape index (κ1) is 10.3. The number of aromatic amines is 1. The van der Waals surface area contributed by atoms with Crippen LogP contribution < -0.4 is 5.32 Å². The van der Waals surface area contributed by atoms with Gasteiger partial charge >= 0.3 is 0 Å². The number of nitrogens with zero attached hydrogens (tertiary/aromatic N) is 2. The van der Waals surface area contributed by atoms with Crippen molar-refractivity contribution >= 4 is 38.5 Å². The molecule has 2 aromatic rings. The highest BCUT2D eigenvalue weighted by molar-refractivity contribution is 9.10. The van der Waals surface area contributed by atoms with Gasteiger partial charge in [-0.25, -0.2) is 4.98 Å². The van der Waals surface area contributed by atoms with Crippen molar-refractivity contribution in [3.63, 3.8) is 0 Å². The molecule has 0 radical (unpaired) electrons. The molecule has 0 aliphatic carbocycles. The molecule has 0 saturated heterocycles. The lowest BCUT2D eigenvalue weighted by Gasteiger charge is -1.96. The molecule has 0 fully saturated rings. The van der Waals surface area contributed by atoms with Gasteiger partial charge in [0.1, 0.15) is 11.5 Å². The highest BCUT2D eigenvalue weighted by Crippen LogP contribution is 2.14. The number of nitrogens with one attached hydrogen (secondary N) is 2.